The lowest BCUT2D eigenvalue weighted by atomic mass is 9.94. The smallest absolute Gasteiger partial charge is 0.0557 e. The first-order valence-electron chi connectivity index (χ1n) is 7.60. The topological polar surface area (TPSA) is 35.2 Å². The number of hydrogen-bond acceptors (Lipinski definition) is 2. The van der Waals surface area contributed by atoms with Crippen molar-refractivity contribution < 1.29 is 4.74 Å². The quantitative estimate of drug-likeness (QED) is 0.769. The highest BCUT2D eigenvalue weighted by atomic mass is 16.5. The number of ether oxygens (including phenoxy) is 1. The summed E-state index contributed by atoms with van der Waals surface area (Å²) >= 11 is 0. The van der Waals surface area contributed by atoms with Crippen LogP contribution in [-0.2, 0) is 11.2 Å². The fourth-order valence-electron chi connectivity index (χ4n) is 2.81. The molecule has 2 heteroatoms. The largest absolute Gasteiger partial charge is 0.384 e. The lowest BCUT2D eigenvalue weighted by molar-refractivity contribution is 0.202. The molecular weight excluding hydrogens is 270 g/mol. The Morgan fingerprint density at radius 1 is 0.909 bits per heavy atom. The monoisotopic (exact) mass is 291 g/mol. The predicted octanol–water partition coefficient (Wildman–Crippen LogP) is 4.08. The molecule has 0 spiro atoms. The van der Waals surface area contributed by atoms with Crippen molar-refractivity contribution in [1.29, 1.82) is 0 Å². The van der Waals surface area contributed by atoms with Gasteiger partial charge in [0.2, 0.25) is 0 Å². The lowest BCUT2D eigenvalue weighted by Gasteiger charge is -2.16. The molecule has 3 rings (SSSR count). The van der Waals surface area contributed by atoms with Crippen molar-refractivity contribution in [3.8, 4) is 0 Å². The van der Waals surface area contributed by atoms with E-state index < -0.39 is 0 Å². The van der Waals surface area contributed by atoms with Crippen molar-refractivity contribution in [2.45, 2.75) is 12.5 Å². The third-order valence-electron chi connectivity index (χ3n) is 4.09. The second kappa shape index (κ2) is 6.73. The minimum atomic E-state index is -0.109. The zero-order valence-electron chi connectivity index (χ0n) is 12.8. The van der Waals surface area contributed by atoms with E-state index >= 15 is 0 Å². The summed E-state index contributed by atoms with van der Waals surface area (Å²) in [7, 11) is 1.73. The zero-order chi connectivity index (χ0) is 15.4. The Hall–Kier alpha value is -2.16. The molecule has 1 unspecified atom stereocenters. The molecule has 3 aromatic rings. The zero-order valence-corrected chi connectivity index (χ0v) is 12.8. The van der Waals surface area contributed by atoms with Crippen LogP contribution in [0.25, 0.3) is 10.8 Å². The summed E-state index contributed by atoms with van der Waals surface area (Å²) in [6.45, 7) is 0.745. The highest BCUT2D eigenvalue weighted by molar-refractivity contribution is 5.86. The maximum atomic E-state index is 6.51. The normalized spacial score (nSPS) is 12.5. The number of fused-ring (bicyclic) bond motifs is 1. The van der Waals surface area contributed by atoms with Crippen LogP contribution < -0.4 is 5.73 Å². The SMILES string of the molecule is COCCc1ccc(C(N)c2cccc3ccccc23)cc1. The van der Waals surface area contributed by atoms with Crippen LogP contribution in [0, 0.1) is 0 Å². The molecule has 0 saturated heterocycles. The lowest BCUT2D eigenvalue weighted by Crippen LogP contribution is -2.12. The predicted molar refractivity (Wildman–Crippen MR) is 92.0 cm³/mol. The fraction of sp³-hybridized carbons (Fsp3) is 0.200. The van der Waals surface area contributed by atoms with E-state index in [1.807, 2.05) is 0 Å². The van der Waals surface area contributed by atoms with E-state index in [1.165, 1.54) is 21.9 Å². The van der Waals surface area contributed by atoms with Crippen LogP contribution in [0.4, 0.5) is 0 Å². The van der Waals surface area contributed by atoms with Crippen LogP contribution in [0.3, 0.4) is 0 Å². The van der Waals surface area contributed by atoms with Gasteiger partial charge in [-0.3, -0.25) is 0 Å². The summed E-state index contributed by atoms with van der Waals surface area (Å²) in [5.41, 5.74) is 10.1. The molecule has 0 saturated carbocycles. The average Bonchev–Trinajstić information content (AvgIpc) is 2.59. The van der Waals surface area contributed by atoms with E-state index in [4.69, 9.17) is 10.5 Å². The first-order chi connectivity index (χ1) is 10.8. The van der Waals surface area contributed by atoms with Gasteiger partial charge in [-0.15, -0.1) is 0 Å². The molecule has 1 atom stereocenters. The Labute approximate surface area is 131 Å². The van der Waals surface area contributed by atoms with Gasteiger partial charge in [-0.25, -0.2) is 0 Å². The van der Waals surface area contributed by atoms with Crippen molar-refractivity contribution in [1.82, 2.24) is 0 Å². The Morgan fingerprint density at radius 3 is 2.41 bits per heavy atom. The molecule has 0 aliphatic rings. The third kappa shape index (κ3) is 3.03. The molecule has 0 bridgehead atoms. The highest BCUT2D eigenvalue weighted by Gasteiger charge is 2.11. The first kappa shape index (κ1) is 14.8. The molecule has 2 nitrogen and oxygen atoms in total. The Morgan fingerprint density at radius 2 is 1.64 bits per heavy atom. The summed E-state index contributed by atoms with van der Waals surface area (Å²) in [5.74, 6) is 0. The average molecular weight is 291 g/mol. The molecule has 0 aliphatic carbocycles. The van der Waals surface area contributed by atoms with Gasteiger partial charge in [-0.2, -0.15) is 0 Å². The van der Waals surface area contributed by atoms with E-state index in [2.05, 4.69) is 66.7 Å². The van der Waals surface area contributed by atoms with Crippen LogP contribution in [0.2, 0.25) is 0 Å². The van der Waals surface area contributed by atoms with Crippen molar-refractivity contribution in [2.24, 2.45) is 5.73 Å². The third-order valence-corrected chi connectivity index (χ3v) is 4.09. The van der Waals surface area contributed by atoms with Gasteiger partial charge in [-0.05, 0) is 33.9 Å². The summed E-state index contributed by atoms with van der Waals surface area (Å²) < 4.78 is 5.12. The molecule has 22 heavy (non-hydrogen) atoms. The maximum Gasteiger partial charge on any atom is 0.0557 e. The molecule has 0 amide bonds. The fourth-order valence-corrected chi connectivity index (χ4v) is 2.81. The van der Waals surface area contributed by atoms with Gasteiger partial charge in [-0.1, -0.05) is 66.7 Å². The molecule has 0 radical (unpaired) electrons. The molecule has 0 fully saturated rings. The second-order valence-corrected chi connectivity index (χ2v) is 5.53. The van der Waals surface area contributed by atoms with Crippen molar-refractivity contribution in [3.05, 3.63) is 83.4 Å². The van der Waals surface area contributed by atoms with Crippen LogP contribution >= 0.6 is 0 Å². The molecule has 3 aromatic carbocycles. The number of hydrogen-bond donors (Lipinski definition) is 1. The van der Waals surface area contributed by atoms with E-state index in [-0.39, 0.29) is 6.04 Å². The van der Waals surface area contributed by atoms with Crippen molar-refractivity contribution >= 4 is 10.8 Å². The summed E-state index contributed by atoms with van der Waals surface area (Å²) in [6, 6.07) is 23.1. The summed E-state index contributed by atoms with van der Waals surface area (Å²) in [5, 5.41) is 2.45. The number of rotatable bonds is 5. The van der Waals surface area contributed by atoms with Gasteiger partial charge in [0.05, 0.1) is 12.6 Å². The van der Waals surface area contributed by atoms with E-state index in [0.717, 1.165) is 18.6 Å². The van der Waals surface area contributed by atoms with Crippen LogP contribution in [0.15, 0.2) is 66.7 Å². The van der Waals surface area contributed by atoms with Crippen LogP contribution in [0.5, 0.6) is 0 Å². The van der Waals surface area contributed by atoms with Gasteiger partial charge in [0.25, 0.3) is 0 Å². The molecule has 112 valence electrons. The van der Waals surface area contributed by atoms with Gasteiger partial charge in [0, 0.05) is 7.11 Å². The Balaban J connectivity index is 1.90. The summed E-state index contributed by atoms with van der Waals surface area (Å²) in [6.07, 6.45) is 0.931. The molecule has 0 heterocycles. The second-order valence-electron chi connectivity index (χ2n) is 5.53. The highest BCUT2D eigenvalue weighted by Crippen LogP contribution is 2.27. The molecule has 0 aliphatic heterocycles. The van der Waals surface area contributed by atoms with Gasteiger partial charge in [0.1, 0.15) is 0 Å². The van der Waals surface area contributed by atoms with Crippen molar-refractivity contribution in [2.75, 3.05) is 13.7 Å². The molecular formula is C20H21NO. The number of benzene rings is 3. The van der Waals surface area contributed by atoms with E-state index in [1.54, 1.807) is 7.11 Å². The van der Waals surface area contributed by atoms with Gasteiger partial charge in [0.15, 0.2) is 0 Å². The van der Waals surface area contributed by atoms with Crippen LogP contribution in [0.1, 0.15) is 22.7 Å². The van der Waals surface area contributed by atoms with Crippen molar-refractivity contribution in [3.63, 3.8) is 0 Å². The number of nitrogens with two attached hydrogens (primary N) is 1. The maximum absolute atomic E-state index is 6.51. The first-order valence-corrected chi connectivity index (χ1v) is 7.60. The summed E-state index contributed by atoms with van der Waals surface area (Å²) in [4.78, 5) is 0. The standard InChI is InChI=1S/C20H21NO/c1-22-14-13-15-9-11-17(12-10-15)20(21)19-8-4-6-16-5-2-3-7-18(16)19/h2-12,20H,13-14,21H2,1H3. The van der Waals surface area contributed by atoms with E-state index in [0.29, 0.717) is 0 Å². The van der Waals surface area contributed by atoms with Gasteiger partial charge >= 0.3 is 0 Å². The van der Waals surface area contributed by atoms with E-state index in [9.17, 15) is 0 Å². The molecule has 0 aromatic heterocycles. The molecule has 2 N–H and O–H groups in total. The Bertz CT molecular complexity index is 744. The Kier molecular flexibility index (Phi) is 4.52. The number of methoxy groups -OCH3 is 1. The minimum absolute atomic E-state index is 0.109. The van der Waals surface area contributed by atoms with Crippen LogP contribution in [-0.4, -0.2) is 13.7 Å². The van der Waals surface area contributed by atoms with Gasteiger partial charge < -0.3 is 10.5 Å². The minimum Gasteiger partial charge on any atom is -0.384 e.